The molecular formula is C12H17NO. The van der Waals surface area contributed by atoms with Gasteiger partial charge in [0.1, 0.15) is 6.29 Å². The van der Waals surface area contributed by atoms with Crippen molar-refractivity contribution in [1.29, 1.82) is 0 Å². The molecule has 0 spiro atoms. The highest BCUT2D eigenvalue weighted by atomic mass is 16.1. The molecule has 0 aromatic heterocycles. The molecular weight excluding hydrogens is 174 g/mol. The van der Waals surface area contributed by atoms with Crippen LogP contribution >= 0.6 is 0 Å². The highest BCUT2D eigenvalue weighted by Crippen LogP contribution is 2.16. The van der Waals surface area contributed by atoms with E-state index in [4.69, 9.17) is 5.73 Å². The van der Waals surface area contributed by atoms with E-state index in [0.29, 0.717) is 6.42 Å². The van der Waals surface area contributed by atoms with Crippen LogP contribution in [0, 0.1) is 20.8 Å². The predicted octanol–water partition coefficient (Wildman–Crippen LogP) is 1.68. The van der Waals surface area contributed by atoms with Crippen LogP contribution in [0.4, 0.5) is 0 Å². The fraction of sp³-hybridized carbons (Fsp3) is 0.417. The number of carbonyl (C=O) groups excluding carboxylic acids is 1. The Morgan fingerprint density at radius 2 is 1.79 bits per heavy atom. The number of hydrogen-bond acceptors (Lipinski definition) is 2. The van der Waals surface area contributed by atoms with Gasteiger partial charge in [0, 0.05) is 0 Å². The SMILES string of the molecule is Cc1cc(C[C@H](N)C=O)cc(C)c1C. The van der Waals surface area contributed by atoms with Crippen molar-refractivity contribution in [2.75, 3.05) is 0 Å². The second kappa shape index (κ2) is 4.38. The predicted molar refractivity (Wildman–Crippen MR) is 58.4 cm³/mol. The standard InChI is InChI=1S/C12H17NO/c1-8-4-11(6-12(13)7-14)5-9(2)10(8)3/h4-5,7,12H,6,13H2,1-3H3/t12-/m0/s1. The highest BCUT2D eigenvalue weighted by Gasteiger charge is 2.05. The van der Waals surface area contributed by atoms with Gasteiger partial charge in [0.15, 0.2) is 0 Å². The van der Waals surface area contributed by atoms with Gasteiger partial charge < -0.3 is 10.5 Å². The summed E-state index contributed by atoms with van der Waals surface area (Å²) in [7, 11) is 0. The number of nitrogens with two attached hydrogens (primary N) is 1. The molecule has 0 unspecified atom stereocenters. The maximum atomic E-state index is 10.4. The zero-order valence-corrected chi connectivity index (χ0v) is 9.00. The first kappa shape index (κ1) is 10.9. The molecule has 0 aliphatic rings. The Morgan fingerprint density at radius 1 is 1.29 bits per heavy atom. The summed E-state index contributed by atoms with van der Waals surface area (Å²) < 4.78 is 0. The van der Waals surface area contributed by atoms with Crippen molar-refractivity contribution in [3.8, 4) is 0 Å². The summed E-state index contributed by atoms with van der Waals surface area (Å²) in [4.78, 5) is 10.4. The van der Waals surface area contributed by atoms with Crippen molar-refractivity contribution in [1.82, 2.24) is 0 Å². The van der Waals surface area contributed by atoms with Crippen molar-refractivity contribution in [3.63, 3.8) is 0 Å². The van der Waals surface area contributed by atoms with E-state index in [2.05, 4.69) is 32.9 Å². The van der Waals surface area contributed by atoms with Gasteiger partial charge in [-0.25, -0.2) is 0 Å². The maximum Gasteiger partial charge on any atom is 0.137 e. The third-order valence-corrected chi connectivity index (χ3v) is 2.63. The van der Waals surface area contributed by atoms with Crippen LogP contribution in [0.15, 0.2) is 12.1 Å². The van der Waals surface area contributed by atoms with Gasteiger partial charge in [-0.1, -0.05) is 12.1 Å². The van der Waals surface area contributed by atoms with Crippen LogP contribution in [-0.4, -0.2) is 12.3 Å². The van der Waals surface area contributed by atoms with Crippen LogP contribution in [0.25, 0.3) is 0 Å². The molecule has 1 aromatic rings. The maximum absolute atomic E-state index is 10.4. The summed E-state index contributed by atoms with van der Waals surface area (Å²) in [5.41, 5.74) is 10.6. The quantitative estimate of drug-likeness (QED) is 0.739. The lowest BCUT2D eigenvalue weighted by atomic mass is 9.97. The van der Waals surface area contributed by atoms with E-state index in [9.17, 15) is 4.79 Å². The van der Waals surface area contributed by atoms with Crippen LogP contribution in [0.2, 0.25) is 0 Å². The molecule has 0 aliphatic heterocycles. The summed E-state index contributed by atoms with van der Waals surface area (Å²) in [6, 6.07) is 3.83. The van der Waals surface area contributed by atoms with Crippen molar-refractivity contribution < 1.29 is 4.79 Å². The van der Waals surface area contributed by atoms with Crippen LogP contribution in [0.1, 0.15) is 22.3 Å². The van der Waals surface area contributed by atoms with Crippen molar-refractivity contribution in [2.45, 2.75) is 33.2 Å². The van der Waals surface area contributed by atoms with Crippen LogP contribution < -0.4 is 5.73 Å². The lowest BCUT2D eigenvalue weighted by molar-refractivity contribution is -0.108. The molecule has 0 radical (unpaired) electrons. The van der Waals surface area contributed by atoms with Gasteiger partial charge in [0.2, 0.25) is 0 Å². The number of aryl methyl sites for hydroxylation is 2. The van der Waals surface area contributed by atoms with Crippen molar-refractivity contribution in [3.05, 3.63) is 34.4 Å². The Balaban J connectivity index is 2.95. The average molecular weight is 191 g/mol. The van der Waals surface area contributed by atoms with E-state index < -0.39 is 0 Å². The molecule has 2 N–H and O–H groups in total. The summed E-state index contributed by atoms with van der Waals surface area (Å²) in [6.07, 6.45) is 1.43. The molecule has 0 aliphatic carbocycles. The summed E-state index contributed by atoms with van der Waals surface area (Å²) in [5.74, 6) is 0. The number of rotatable bonds is 3. The van der Waals surface area contributed by atoms with Crippen molar-refractivity contribution >= 4 is 6.29 Å². The van der Waals surface area contributed by atoms with E-state index in [1.54, 1.807) is 0 Å². The van der Waals surface area contributed by atoms with Crippen molar-refractivity contribution in [2.24, 2.45) is 5.73 Å². The Labute approximate surface area is 85.1 Å². The lowest BCUT2D eigenvalue weighted by Gasteiger charge is -2.10. The third-order valence-electron chi connectivity index (χ3n) is 2.63. The number of hydrogen-bond donors (Lipinski definition) is 1. The van der Waals surface area contributed by atoms with Crippen LogP contribution in [-0.2, 0) is 11.2 Å². The van der Waals surface area contributed by atoms with Crippen LogP contribution in [0.5, 0.6) is 0 Å². The largest absolute Gasteiger partial charge is 0.321 e. The second-order valence-electron chi connectivity index (χ2n) is 3.86. The molecule has 1 rings (SSSR count). The first-order chi connectivity index (χ1) is 6.54. The van der Waals surface area contributed by atoms with Gasteiger partial charge in [-0.3, -0.25) is 0 Å². The summed E-state index contributed by atoms with van der Waals surface area (Å²) in [5, 5.41) is 0. The van der Waals surface area contributed by atoms with Gasteiger partial charge in [-0.15, -0.1) is 0 Å². The van der Waals surface area contributed by atoms with E-state index in [-0.39, 0.29) is 6.04 Å². The lowest BCUT2D eigenvalue weighted by Crippen LogP contribution is -2.24. The minimum atomic E-state index is -0.378. The Bertz CT molecular complexity index is 321. The minimum absolute atomic E-state index is 0.378. The molecule has 1 aromatic carbocycles. The molecule has 0 bridgehead atoms. The van der Waals surface area contributed by atoms with E-state index in [1.165, 1.54) is 16.7 Å². The first-order valence-corrected chi connectivity index (χ1v) is 4.82. The molecule has 1 atom stereocenters. The Morgan fingerprint density at radius 3 is 2.21 bits per heavy atom. The van der Waals surface area contributed by atoms with Gasteiger partial charge in [-0.2, -0.15) is 0 Å². The molecule has 2 nitrogen and oxygen atoms in total. The molecule has 0 heterocycles. The monoisotopic (exact) mass is 191 g/mol. The molecule has 14 heavy (non-hydrogen) atoms. The first-order valence-electron chi connectivity index (χ1n) is 4.82. The zero-order chi connectivity index (χ0) is 10.7. The van der Waals surface area contributed by atoms with Gasteiger partial charge >= 0.3 is 0 Å². The Hall–Kier alpha value is -1.15. The topological polar surface area (TPSA) is 43.1 Å². The fourth-order valence-corrected chi connectivity index (χ4v) is 1.56. The normalized spacial score (nSPS) is 12.6. The van der Waals surface area contributed by atoms with E-state index >= 15 is 0 Å². The summed E-state index contributed by atoms with van der Waals surface area (Å²) in [6.45, 7) is 6.27. The molecule has 0 amide bonds. The fourth-order valence-electron chi connectivity index (χ4n) is 1.56. The molecule has 0 saturated carbocycles. The van der Waals surface area contributed by atoms with Crippen LogP contribution in [0.3, 0.4) is 0 Å². The average Bonchev–Trinajstić information content (AvgIpc) is 2.14. The third kappa shape index (κ3) is 2.42. The minimum Gasteiger partial charge on any atom is -0.321 e. The molecule has 0 fully saturated rings. The number of benzene rings is 1. The molecule has 2 heteroatoms. The van der Waals surface area contributed by atoms with E-state index in [1.807, 2.05) is 0 Å². The second-order valence-corrected chi connectivity index (χ2v) is 3.86. The summed E-state index contributed by atoms with van der Waals surface area (Å²) >= 11 is 0. The smallest absolute Gasteiger partial charge is 0.137 e. The highest BCUT2D eigenvalue weighted by molar-refractivity contribution is 5.58. The van der Waals surface area contributed by atoms with Gasteiger partial charge in [-0.05, 0) is 49.4 Å². The Kier molecular flexibility index (Phi) is 3.42. The van der Waals surface area contributed by atoms with E-state index in [0.717, 1.165) is 11.8 Å². The number of aldehydes is 1. The zero-order valence-electron chi connectivity index (χ0n) is 9.00. The van der Waals surface area contributed by atoms with Gasteiger partial charge in [0.05, 0.1) is 6.04 Å². The molecule has 0 saturated heterocycles. The molecule has 76 valence electrons. The van der Waals surface area contributed by atoms with Gasteiger partial charge in [0.25, 0.3) is 0 Å². The number of carbonyl (C=O) groups is 1.